The van der Waals surface area contributed by atoms with E-state index in [1.165, 1.54) is 0 Å². The van der Waals surface area contributed by atoms with Crippen LogP contribution in [0.4, 0.5) is 0 Å². The number of hydrogen-bond acceptors (Lipinski definition) is 1. The van der Waals surface area contributed by atoms with Gasteiger partial charge in [-0.2, -0.15) is 0 Å². The zero-order chi connectivity index (χ0) is 8.55. The molecule has 3 nitrogen and oxygen atoms in total. The highest BCUT2D eigenvalue weighted by atomic mass is 16.4. The van der Waals surface area contributed by atoms with Gasteiger partial charge in [0.15, 0.2) is 0 Å². The van der Waals surface area contributed by atoms with Gasteiger partial charge in [0, 0.05) is 12.4 Å². The number of carbonyl (C=O) groups is 1. The molecule has 0 amide bonds. The van der Waals surface area contributed by atoms with Gasteiger partial charge in [-0.15, -0.1) is 0 Å². The number of aromatic nitrogens is 1. The zero-order valence-electron chi connectivity index (χ0n) is 6.27. The lowest BCUT2D eigenvalue weighted by Crippen LogP contribution is -1.98. The number of nitrogens with zero attached hydrogens (tertiary/aromatic N) is 1. The minimum Gasteiger partial charge on any atom is -0.478 e. The van der Waals surface area contributed by atoms with E-state index < -0.39 is 5.97 Å². The maximum Gasteiger partial charge on any atom is 0.337 e. The molecule has 2 aromatic rings. The highest BCUT2D eigenvalue weighted by Gasteiger charge is 2.06. The summed E-state index contributed by atoms with van der Waals surface area (Å²) in [6.07, 6.45) is 3.64. The number of pyridine rings is 1. The van der Waals surface area contributed by atoms with E-state index in [0.29, 0.717) is 5.56 Å². The van der Waals surface area contributed by atoms with Crippen molar-refractivity contribution in [3.63, 3.8) is 0 Å². The molecule has 2 rings (SSSR count). The molecule has 0 saturated carbocycles. The van der Waals surface area contributed by atoms with Gasteiger partial charge in [-0.25, -0.2) is 4.79 Å². The van der Waals surface area contributed by atoms with E-state index in [2.05, 4.69) is 0 Å². The lowest BCUT2D eigenvalue weighted by molar-refractivity contribution is 0.0698. The molecule has 0 saturated heterocycles. The van der Waals surface area contributed by atoms with Gasteiger partial charge in [-0.05, 0) is 24.3 Å². The van der Waals surface area contributed by atoms with E-state index in [4.69, 9.17) is 5.11 Å². The number of carboxylic acids is 1. The van der Waals surface area contributed by atoms with Gasteiger partial charge in [0.1, 0.15) is 0 Å². The predicted molar refractivity (Wildman–Crippen MR) is 44.4 cm³/mol. The standard InChI is InChI=1S/C9H7NO2/c11-9(12)7-3-1-5-10-6-2-4-8(7)10/h1-6H,(H,11,12). The maximum absolute atomic E-state index is 10.7. The molecule has 0 radical (unpaired) electrons. The number of rotatable bonds is 1. The van der Waals surface area contributed by atoms with Gasteiger partial charge in [0.25, 0.3) is 0 Å². The number of hydrogen-bond donors (Lipinski definition) is 1. The van der Waals surface area contributed by atoms with Gasteiger partial charge >= 0.3 is 5.97 Å². The third-order valence-corrected chi connectivity index (χ3v) is 1.79. The Bertz CT molecular complexity index is 431. The van der Waals surface area contributed by atoms with Crippen LogP contribution < -0.4 is 0 Å². The topological polar surface area (TPSA) is 41.7 Å². The third-order valence-electron chi connectivity index (χ3n) is 1.79. The van der Waals surface area contributed by atoms with E-state index in [-0.39, 0.29) is 0 Å². The molecule has 1 N–H and O–H groups in total. The minimum absolute atomic E-state index is 0.336. The zero-order valence-corrected chi connectivity index (χ0v) is 6.27. The summed E-state index contributed by atoms with van der Waals surface area (Å²) in [6, 6.07) is 6.92. The molecule has 0 unspecified atom stereocenters. The molecule has 0 spiro atoms. The Hall–Kier alpha value is -1.77. The van der Waals surface area contributed by atoms with Crippen LogP contribution in [0.5, 0.6) is 0 Å². The molecule has 0 atom stereocenters. The summed E-state index contributed by atoms with van der Waals surface area (Å²) in [7, 11) is 0. The van der Waals surface area contributed by atoms with Crippen molar-refractivity contribution < 1.29 is 9.90 Å². The smallest absolute Gasteiger partial charge is 0.337 e. The number of carboxylic acid groups (broad SMARTS) is 1. The lowest BCUT2D eigenvalue weighted by atomic mass is 10.2. The molecule has 2 aromatic heterocycles. The van der Waals surface area contributed by atoms with Crippen molar-refractivity contribution in [1.82, 2.24) is 4.40 Å². The Kier molecular flexibility index (Phi) is 1.37. The van der Waals surface area contributed by atoms with E-state index >= 15 is 0 Å². The number of fused-ring (bicyclic) bond motifs is 1. The Morgan fingerprint density at radius 3 is 2.58 bits per heavy atom. The fourth-order valence-electron chi connectivity index (χ4n) is 1.25. The van der Waals surface area contributed by atoms with Crippen molar-refractivity contribution >= 4 is 11.5 Å². The summed E-state index contributed by atoms with van der Waals surface area (Å²) in [4.78, 5) is 10.7. The molecule has 0 fully saturated rings. The second kappa shape index (κ2) is 2.37. The Balaban J connectivity index is 2.82. The molecule has 0 aromatic carbocycles. The Morgan fingerprint density at radius 2 is 1.92 bits per heavy atom. The Morgan fingerprint density at radius 1 is 1.25 bits per heavy atom. The van der Waals surface area contributed by atoms with Crippen molar-refractivity contribution in [3.8, 4) is 0 Å². The average molecular weight is 161 g/mol. The van der Waals surface area contributed by atoms with E-state index in [1.54, 1.807) is 22.6 Å². The van der Waals surface area contributed by atoms with Crippen LogP contribution in [0.3, 0.4) is 0 Å². The highest BCUT2D eigenvalue weighted by molar-refractivity contribution is 5.95. The minimum atomic E-state index is -0.890. The van der Waals surface area contributed by atoms with Crippen molar-refractivity contribution in [2.75, 3.05) is 0 Å². The lowest BCUT2D eigenvalue weighted by Gasteiger charge is -1.97. The fraction of sp³-hybridized carbons (Fsp3) is 0. The second-order valence-corrected chi connectivity index (χ2v) is 2.53. The highest BCUT2D eigenvalue weighted by Crippen LogP contribution is 2.10. The quantitative estimate of drug-likeness (QED) is 0.690. The summed E-state index contributed by atoms with van der Waals surface area (Å²) in [5, 5.41) is 8.79. The van der Waals surface area contributed by atoms with Gasteiger partial charge in [0.2, 0.25) is 0 Å². The summed E-state index contributed by atoms with van der Waals surface area (Å²) in [5.41, 5.74) is 1.06. The normalized spacial score (nSPS) is 10.3. The molecule has 0 bridgehead atoms. The van der Waals surface area contributed by atoms with Crippen LogP contribution in [-0.2, 0) is 0 Å². The average Bonchev–Trinajstić information content (AvgIpc) is 2.49. The van der Waals surface area contributed by atoms with Gasteiger partial charge in [-0.1, -0.05) is 0 Å². The molecule has 0 aliphatic carbocycles. The van der Waals surface area contributed by atoms with Gasteiger partial charge in [-0.3, -0.25) is 0 Å². The summed E-state index contributed by atoms with van der Waals surface area (Å²) >= 11 is 0. The number of aromatic carboxylic acids is 1. The summed E-state index contributed by atoms with van der Waals surface area (Å²) < 4.78 is 1.78. The van der Waals surface area contributed by atoms with Crippen LogP contribution in [-0.4, -0.2) is 15.5 Å². The molecule has 60 valence electrons. The van der Waals surface area contributed by atoms with Crippen LogP contribution in [0.15, 0.2) is 36.7 Å². The van der Waals surface area contributed by atoms with Gasteiger partial charge < -0.3 is 9.51 Å². The maximum atomic E-state index is 10.7. The largest absolute Gasteiger partial charge is 0.478 e. The van der Waals surface area contributed by atoms with E-state index in [9.17, 15) is 4.79 Å². The SMILES string of the molecule is O=C(O)c1cccn2cccc12. The second-order valence-electron chi connectivity index (χ2n) is 2.53. The van der Waals surface area contributed by atoms with Crippen LogP contribution in [0.2, 0.25) is 0 Å². The predicted octanol–water partition coefficient (Wildman–Crippen LogP) is 1.64. The Labute approximate surface area is 68.9 Å². The molecule has 2 heterocycles. The van der Waals surface area contributed by atoms with E-state index in [1.807, 2.05) is 18.5 Å². The first-order valence-electron chi connectivity index (χ1n) is 3.58. The first-order chi connectivity index (χ1) is 5.79. The summed E-state index contributed by atoms with van der Waals surface area (Å²) in [5.74, 6) is -0.890. The van der Waals surface area contributed by atoms with E-state index in [0.717, 1.165) is 5.52 Å². The van der Waals surface area contributed by atoms with Crippen LogP contribution in [0.25, 0.3) is 5.52 Å². The van der Waals surface area contributed by atoms with Crippen LogP contribution in [0, 0.1) is 0 Å². The van der Waals surface area contributed by atoms with Crippen molar-refractivity contribution in [2.45, 2.75) is 0 Å². The molecule has 3 heteroatoms. The van der Waals surface area contributed by atoms with Crippen molar-refractivity contribution in [3.05, 3.63) is 42.2 Å². The first kappa shape index (κ1) is 6.91. The first-order valence-corrected chi connectivity index (χ1v) is 3.58. The van der Waals surface area contributed by atoms with Crippen molar-refractivity contribution in [1.29, 1.82) is 0 Å². The van der Waals surface area contributed by atoms with Crippen LogP contribution >= 0.6 is 0 Å². The summed E-state index contributed by atoms with van der Waals surface area (Å²) in [6.45, 7) is 0. The van der Waals surface area contributed by atoms with Gasteiger partial charge in [0.05, 0.1) is 11.1 Å². The molecular weight excluding hydrogens is 154 g/mol. The third kappa shape index (κ3) is 0.871. The van der Waals surface area contributed by atoms with Crippen molar-refractivity contribution in [2.24, 2.45) is 0 Å². The fourth-order valence-corrected chi connectivity index (χ4v) is 1.25. The molecule has 0 aliphatic rings. The monoisotopic (exact) mass is 161 g/mol. The molecule has 12 heavy (non-hydrogen) atoms. The molecular formula is C9H7NO2. The molecule has 0 aliphatic heterocycles. The van der Waals surface area contributed by atoms with Crippen LogP contribution in [0.1, 0.15) is 10.4 Å².